The summed E-state index contributed by atoms with van der Waals surface area (Å²) in [5.41, 5.74) is 0.166. The first kappa shape index (κ1) is 12.9. The van der Waals surface area contributed by atoms with Crippen LogP contribution < -0.4 is 0 Å². The van der Waals surface area contributed by atoms with Gasteiger partial charge in [-0.15, -0.1) is 0 Å². The van der Waals surface area contributed by atoms with Gasteiger partial charge in [0.25, 0.3) is 0 Å². The second-order valence-electron chi connectivity index (χ2n) is 4.66. The molecular weight excluding hydrogens is 238 g/mol. The molecule has 0 radical (unpaired) electrons. The molecule has 2 heterocycles. The summed E-state index contributed by atoms with van der Waals surface area (Å²) in [6, 6.07) is -0.221. The highest BCUT2D eigenvalue weighted by molar-refractivity contribution is 6.00. The van der Waals surface area contributed by atoms with Crippen LogP contribution in [0.2, 0.25) is 0 Å². The highest BCUT2D eigenvalue weighted by Gasteiger charge is 2.60. The van der Waals surface area contributed by atoms with Gasteiger partial charge in [-0.2, -0.15) is 0 Å². The number of fused-ring (bicyclic) bond motifs is 1. The molecular formula is C12H17NO5. The van der Waals surface area contributed by atoms with Crippen molar-refractivity contribution in [1.82, 2.24) is 4.90 Å². The Labute approximate surface area is 105 Å². The van der Waals surface area contributed by atoms with E-state index in [1.165, 1.54) is 19.1 Å². The minimum Gasteiger partial charge on any atom is -0.498 e. The van der Waals surface area contributed by atoms with E-state index in [2.05, 4.69) is 4.74 Å². The zero-order valence-electron chi connectivity index (χ0n) is 10.8. The maximum absolute atomic E-state index is 12.0. The third-order valence-corrected chi connectivity index (χ3v) is 3.71. The highest BCUT2D eigenvalue weighted by Crippen LogP contribution is 2.47. The fourth-order valence-corrected chi connectivity index (χ4v) is 2.89. The quantitative estimate of drug-likeness (QED) is 0.562. The molecule has 2 aliphatic rings. The van der Waals surface area contributed by atoms with Crippen molar-refractivity contribution < 1.29 is 24.2 Å². The van der Waals surface area contributed by atoms with E-state index in [9.17, 15) is 14.7 Å². The van der Waals surface area contributed by atoms with Gasteiger partial charge in [-0.25, -0.2) is 4.79 Å². The van der Waals surface area contributed by atoms with E-state index >= 15 is 0 Å². The fourth-order valence-electron chi connectivity index (χ4n) is 2.89. The van der Waals surface area contributed by atoms with Gasteiger partial charge in [0.2, 0.25) is 5.91 Å². The van der Waals surface area contributed by atoms with Gasteiger partial charge in [-0.1, -0.05) is 6.92 Å². The number of hydrogen-bond acceptors (Lipinski definition) is 5. The van der Waals surface area contributed by atoms with Crippen molar-refractivity contribution in [2.75, 3.05) is 14.2 Å². The second kappa shape index (κ2) is 4.28. The average molecular weight is 255 g/mol. The molecule has 1 saturated heterocycles. The average Bonchev–Trinajstić information content (AvgIpc) is 2.57. The topological polar surface area (TPSA) is 76.1 Å². The molecule has 0 bridgehead atoms. The Morgan fingerprint density at radius 1 is 1.44 bits per heavy atom. The van der Waals surface area contributed by atoms with Gasteiger partial charge >= 0.3 is 5.97 Å². The molecule has 0 aromatic carbocycles. The molecule has 3 unspecified atom stereocenters. The first-order valence-electron chi connectivity index (χ1n) is 5.83. The van der Waals surface area contributed by atoms with Crippen LogP contribution in [0.1, 0.15) is 13.8 Å². The van der Waals surface area contributed by atoms with E-state index in [0.29, 0.717) is 5.76 Å². The van der Waals surface area contributed by atoms with Gasteiger partial charge in [-0.05, 0) is 6.92 Å². The summed E-state index contributed by atoms with van der Waals surface area (Å²) in [7, 11) is 2.72. The lowest BCUT2D eigenvalue weighted by molar-refractivity contribution is -0.163. The van der Waals surface area contributed by atoms with Crippen LogP contribution >= 0.6 is 0 Å². The molecule has 0 aliphatic carbocycles. The molecule has 6 heteroatoms. The summed E-state index contributed by atoms with van der Waals surface area (Å²) in [5, 5.41) is 9.63. The molecule has 0 aromatic rings. The SMILES string of the molecule is COC(=O)C1=C(OC)[C@H](C)C2C(C(C)O)C(=O)N12. The Balaban J connectivity index is 2.38. The van der Waals surface area contributed by atoms with Gasteiger partial charge in [0.05, 0.1) is 32.3 Å². The van der Waals surface area contributed by atoms with Gasteiger partial charge in [0.15, 0.2) is 5.70 Å². The normalized spacial score (nSPS) is 31.9. The van der Waals surface area contributed by atoms with Gasteiger partial charge < -0.3 is 14.6 Å². The third kappa shape index (κ3) is 1.45. The van der Waals surface area contributed by atoms with Crippen molar-refractivity contribution in [3.8, 4) is 0 Å². The Kier molecular flexibility index (Phi) is 3.06. The summed E-state index contributed by atoms with van der Waals surface area (Å²) in [5.74, 6) is -0.995. The molecule has 0 aromatic heterocycles. The Hall–Kier alpha value is -1.56. The number of methoxy groups -OCH3 is 2. The summed E-state index contributed by atoms with van der Waals surface area (Å²) >= 11 is 0. The van der Waals surface area contributed by atoms with E-state index < -0.39 is 18.0 Å². The molecule has 1 N–H and O–H groups in total. The Morgan fingerprint density at radius 3 is 2.50 bits per heavy atom. The number of hydrogen-bond donors (Lipinski definition) is 1. The summed E-state index contributed by atoms with van der Waals surface area (Å²) in [6.45, 7) is 3.45. The predicted octanol–water partition coefficient (Wildman–Crippen LogP) is -0.125. The van der Waals surface area contributed by atoms with Crippen LogP contribution in [-0.4, -0.2) is 48.2 Å². The number of nitrogens with zero attached hydrogens (tertiary/aromatic N) is 1. The minimum absolute atomic E-state index is 0.124. The van der Waals surface area contributed by atoms with E-state index in [0.717, 1.165) is 0 Å². The lowest BCUT2D eigenvalue weighted by atomic mass is 9.79. The van der Waals surface area contributed by atoms with Crippen LogP contribution in [0.5, 0.6) is 0 Å². The third-order valence-electron chi connectivity index (χ3n) is 3.71. The number of rotatable bonds is 3. The number of aliphatic hydroxyl groups is 1. The molecule has 6 nitrogen and oxygen atoms in total. The number of carbonyl (C=O) groups excluding carboxylic acids is 2. The molecule has 1 fully saturated rings. The Bertz CT molecular complexity index is 428. The standard InChI is InChI=1S/C12H17NO5/c1-5-8-7(6(2)14)11(15)13(8)9(10(5)17-3)12(16)18-4/h5-8,14H,1-4H3/t5-,6?,7?,8?/m1/s1. The number of amides is 1. The summed E-state index contributed by atoms with van der Waals surface area (Å²) in [6.07, 6.45) is -0.740. The van der Waals surface area contributed by atoms with Crippen LogP contribution in [0.15, 0.2) is 11.5 Å². The maximum Gasteiger partial charge on any atom is 0.358 e. The lowest BCUT2D eigenvalue weighted by Crippen LogP contribution is -2.63. The molecule has 18 heavy (non-hydrogen) atoms. The van der Waals surface area contributed by atoms with Crippen LogP contribution in [0.25, 0.3) is 0 Å². The van der Waals surface area contributed by atoms with Crippen LogP contribution in [0.4, 0.5) is 0 Å². The van der Waals surface area contributed by atoms with Crippen LogP contribution in [0, 0.1) is 11.8 Å². The van der Waals surface area contributed by atoms with E-state index in [1.807, 2.05) is 6.92 Å². The van der Waals surface area contributed by atoms with Gasteiger partial charge in [0.1, 0.15) is 5.76 Å². The number of esters is 1. The highest BCUT2D eigenvalue weighted by atomic mass is 16.5. The summed E-state index contributed by atoms with van der Waals surface area (Å²) < 4.78 is 9.90. The molecule has 4 atom stereocenters. The first-order chi connectivity index (χ1) is 8.45. The molecule has 2 rings (SSSR count). The zero-order valence-corrected chi connectivity index (χ0v) is 10.8. The lowest BCUT2D eigenvalue weighted by Gasteiger charge is -2.46. The smallest absolute Gasteiger partial charge is 0.358 e. The van der Waals surface area contributed by atoms with Crippen molar-refractivity contribution in [3.05, 3.63) is 11.5 Å². The van der Waals surface area contributed by atoms with Crippen molar-refractivity contribution in [2.24, 2.45) is 11.8 Å². The van der Waals surface area contributed by atoms with Crippen LogP contribution in [-0.2, 0) is 19.1 Å². The fraction of sp³-hybridized carbons (Fsp3) is 0.667. The number of aliphatic hydroxyl groups excluding tert-OH is 1. The number of ether oxygens (including phenoxy) is 2. The van der Waals surface area contributed by atoms with Gasteiger partial charge in [0, 0.05) is 5.92 Å². The molecule has 2 aliphatic heterocycles. The Morgan fingerprint density at radius 2 is 2.06 bits per heavy atom. The molecule has 0 spiro atoms. The second-order valence-corrected chi connectivity index (χ2v) is 4.66. The molecule has 1 amide bonds. The van der Waals surface area contributed by atoms with Gasteiger partial charge in [-0.3, -0.25) is 9.69 Å². The number of β-lactam (4-membered cyclic amide) rings is 1. The van der Waals surface area contributed by atoms with E-state index in [1.54, 1.807) is 6.92 Å². The van der Waals surface area contributed by atoms with Crippen molar-refractivity contribution in [3.63, 3.8) is 0 Å². The first-order valence-corrected chi connectivity index (χ1v) is 5.83. The van der Waals surface area contributed by atoms with E-state index in [-0.39, 0.29) is 23.6 Å². The number of carbonyl (C=O) groups is 2. The van der Waals surface area contributed by atoms with Crippen molar-refractivity contribution >= 4 is 11.9 Å². The summed E-state index contributed by atoms with van der Waals surface area (Å²) in [4.78, 5) is 25.1. The van der Waals surface area contributed by atoms with Crippen molar-refractivity contribution in [1.29, 1.82) is 0 Å². The maximum atomic E-state index is 12.0. The zero-order chi connectivity index (χ0) is 13.6. The monoisotopic (exact) mass is 255 g/mol. The molecule has 0 saturated carbocycles. The van der Waals surface area contributed by atoms with Crippen molar-refractivity contribution in [2.45, 2.75) is 26.0 Å². The minimum atomic E-state index is -0.740. The van der Waals surface area contributed by atoms with E-state index in [4.69, 9.17) is 4.74 Å². The predicted molar refractivity (Wildman–Crippen MR) is 61.0 cm³/mol. The largest absolute Gasteiger partial charge is 0.498 e. The van der Waals surface area contributed by atoms with Crippen LogP contribution in [0.3, 0.4) is 0 Å². The molecule has 100 valence electrons.